The van der Waals surface area contributed by atoms with E-state index >= 15 is 0 Å². The second kappa shape index (κ2) is 5.41. The summed E-state index contributed by atoms with van der Waals surface area (Å²) in [5, 5.41) is 1.14. The van der Waals surface area contributed by atoms with Gasteiger partial charge in [-0.2, -0.15) is 0 Å². The van der Waals surface area contributed by atoms with E-state index in [1.807, 2.05) is 19.2 Å². The summed E-state index contributed by atoms with van der Waals surface area (Å²) in [4.78, 5) is 14.4. The number of benzene rings is 1. The number of hydrogen-bond donors (Lipinski definition) is 0. The predicted molar refractivity (Wildman–Crippen MR) is 70.7 cm³/mol. The third-order valence-corrected chi connectivity index (χ3v) is 3.24. The molecule has 0 fully saturated rings. The van der Waals surface area contributed by atoms with Crippen LogP contribution in [-0.4, -0.2) is 10.2 Å². The molecule has 0 aliphatic heterocycles. The molecule has 0 aliphatic rings. The van der Waals surface area contributed by atoms with Crippen molar-refractivity contribution >= 4 is 28.7 Å². The Morgan fingerprint density at radius 1 is 1.24 bits per heavy atom. The number of para-hydroxylation sites is 1. The van der Waals surface area contributed by atoms with Crippen LogP contribution in [0.5, 0.6) is 0 Å². The first-order valence-electron chi connectivity index (χ1n) is 5.19. The lowest BCUT2D eigenvalue weighted by Gasteiger charge is -1.90. The number of hydrogen-bond acceptors (Lipinski definition) is 3. The van der Waals surface area contributed by atoms with Gasteiger partial charge in [0.15, 0.2) is 0 Å². The second-order valence-corrected chi connectivity index (χ2v) is 4.52. The zero-order valence-electron chi connectivity index (χ0n) is 9.41. The standard InChI is InChI=1S/C13H12N2OS/c1-15-12-8-4-3-7-11(12)13(17-15)14-9-5-2-6-10-16/h2-10H,1H3/b6-2+,9-5+,14-13?. The van der Waals surface area contributed by atoms with E-state index in [1.54, 1.807) is 29.9 Å². The molecule has 0 bridgehead atoms. The number of carbonyl (C=O) groups excluding carboxylic acids is 1. The molecule has 0 atom stereocenters. The summed E-state index contributed by atoms with van der Waals surface area (Å²) in [6.07, 6.45) is 7.26. The highest BCUT2D eigenvalue weighted by atomic mass is 32.1. The minimum atomic E-state index is 0.741. The van der Waals surface area contributed by atoms with E-state index in [-0.39, 0.29) is 0 Å². The summed E-state index contributed by atoms with van der Waals surface area (Å²) in [6.45, 7) is 0. The Balaban J connectivity index is 2.42. The molecule has 0 radical (unpaired) electrons. The third-order valence-electron chi connectivity index (χ3n) is 2.28. The Labute approximate surface area is 103 Å². The van der Waals surface area contributed by atoms with Gasteiger partial charge in [-0.15, -0.1) is 0 Å². The lowest BCUT2D eigenvalue weighted by molar-refractivity contribution is -0.104. The van der Waals surface area contributed by atoms with Gasteiger partial charge in [-0.1, -0.05) is 18.2 Å². The van der Waals surface area contributed by atoms with E-state index in [0.717, 1.165) is 16.3 Å². The number of fused-ring (bicyclic) bond motifs is 1. The monoisotopic (exact) mass is 244 g/mol. The Bertz CT molecular complexity index is 647. The van der Waals surface area contributed by atoms with Crippen LogP contribution >= 0.6 is 11.5 Å². The predicted octanol–water partition coefficient (Wildman–Crippen LogP) is 2.41. The Hall–Kier alpha value is -1.94. The maximum Gasteiger partial charge on any atom is 0.142 e. The molecule has 0 unspecified atom stereocenters. The number of aromatic nitrogens is 1. The van der Waals surface area contributed by atoms with Crippen LogP contribution in [0.15, 0.2) is 53.7 Å². The summed E-state index contributed by atoms with van der Waals surface area (Å²) in [6, 6.07) is 8.15. The zero-order valence-corrected chi connectivity index (χ0v) is 10.2. The first-order valence-corrected chi connectivity index (χ1v) is 5.96. The average Bonchev–Trinajstić information content (AvgIpc) is 2.67. The van der Waals surface area contributed by atoms with Crippen molar-refractivity contribution in [1.82, 2.24) is 3.96 Å². The van der Waals surface area contributed by atoms with E-state index in [1.165, 1.54) is 11.6 Å². The van der Waals surface area contributed by atoms with Crippen molar-refractivity contribution in [2.45, 2.75) is 0 Å². The largest absolute Gasteiger partial charge is 0.299 e. The van der Waals surface area contributed by atoms with Gasteiger partial charge in [-0.3, -0.25) is 8.75 Å². The SMILES string of the molecule is Cn1sc(=N/C=C/C=C/C=O)c2ccccc21. The van der Waals surface area contributed by atoms with Gasteiger partial charge in [-0.25, -0.2) is 4.99 Å². The fourth-order valence-electron chi connectivity index (χ4n) is 1.52. The Morgan fingerprint density at radius 2 is 2.06 bits per heavy atom. The highest BCUT2D eigenvalue weighted by Crippen LogP contribution is 2.11. The smallest absolute Gasteiger partial charge is 0.142 e. The molecular formula is C13H12N2OS. The van der Waals surface area contributed by atoms with Gasteiger partial charge in [0.1, 0.15) is 11.0 Å². The van der Waals surface area contributed by atoms with Crippen LogP contribution in [-0.2, 0) is 11.8 Å². The number of nitrogens with zero attached hydrogens (tertiary/aromatic N) is 2. The van der Waals surface area contributed by atoms with Crippen LogP contribution in [0.25, 0.3) is 10.9 Å². The quantitative estimate of drug-likeness (QED) is 0.464. The van der Waals surface area contributed by atoms with Crippen LogP contribution in [0, 0.1) is 0 Å². The molecule has 0 N–H and O–H groups in total. The topological polar surface area (TPSA) is 34.4 Å². The van der Waals surface area contributed by atoms with Crippen molar-refractivity contribution in [3.63, 3.8) is 0 Å². The number of rotatable bonds is 3. The molecule has 17 heavy (non-hydrogen) atoms. The van der Waals surface area contributed by atoms with Gasteiger partial charge in [0.05, 0.1) is 5.52 Å². The maximum absolute atomic E-state index is 10.1. The van der Waals surface area contributed by atoms with Gasteiger partial charge >= 0.3 is 0 Å². The van der Waals surface area contributed by atoms with E-state index in [0.29, 0.717) is 0 Å². The molecule has 1 aromatic heterocycles. The molecule has 86 valence electrons. The highest BCUT2D eigenvalue weighted by Gasteiger charge is 1.99. The molecule has 1 aromatic carbocycles. The first-order chi connectivity index (χ1) is 8.33. The van der Waals surface area contributed by atoms with Crippen molar-refractivity contribution in [2.24, 2.45) is 12.0 Å². The number of aldehydes is 1. The molecule has 1 heterocycles. The Morgan fingerprint density at radius 3 is 2.88 bits per heavy atom. The van der Waals surface area contributed by atoms with E-state index < -0.39 is 0 Å². The fraction of sp³-hybridized carbons (Fsp3) is 0.0769. The molecule has 0 amide bonds. The second-order valence-electron chi connectivity index (χ2n) is 3.40. The molecular weight excluding hydrogens is 232 g/mol. The van der Waals surface area contributed by atoms with E-state index in [4.69, 9.17) is 0 Å². The molecule has 0 saturated carbocycles. The zero-order chi connectivity index (χ0) is 12.1. The van der Waals surface area contributed by atoms with Gasteiger partial charge in [0, 0.05) is 18.6 Å². The summed E-state index contributed by atoms with van der Waals surface area (Å²) in [5.74, 6) is 0. The average molecular weight is 244 g/mol. The summed E-state index contributed by atoms with van der Waals surface area (Å²) < 4.78 is 3.06. The lowest BCUT2D eigenvalue weighted by Crippen LogP contribution is -1.90. The summed E-state index contributed by atoms with van der Waals surface area (Å²) >= 11 is 1.60. The molecule has 0 aliphatic carbocycles. The number of aryl methyl sites for hydroxylation is 1. The van der Waals surface area contributed by atoms with E-state index in [2.05, 4.69) is 21.1 Å². The molecule has 4 heteroatoms. The van der Waals surface area contributed by atoms with Crippen LogP contribution in [0.1, 0.15) is 0 Å². The van der Waals surface area contributed by atoms with Crippen LogP contribution < -0.4 is 4.67 Å². The fourth-order valence-corrected chi connectivity index (χ4v) is 2.42. The van der Waals surface area contributed by atoms with Crippen LogP contribution in [0.2, 0.25) is 0 Å². The maximum atomic E-state index is 10.1. The minimum absolute atomic E-state index is 0.741. The molecule has 0 saturated heterocycles. The van der Waals surface area contributed by atoms with Gasteiger partial charge < -0.3 is 0 Å². The van der Waals surface area contributed by atoms with Gasteiger partial charge in [0.25, 0.3) is 0 Å². The van der Waals surface area contributed by atoms with Gasteiger partial charge in [-0.05, 0) is 35.8 Å². The van der Waals surface area contributed by atoms with Crippen molar-refractivity contribution in [1.29, 1.82) is 0 Å². The normalized spacial score (nSPS) is 13.1. The lowest BCUT2D eigenvalue weighted by atomic mass is 10.2. The number of allylic oxidation sites excluding steroid dienone is 3. The molecule has 2 aromatic rings. The molecule has 3 nitrogen and oxygen atoms in total. The van der Waals surface area contributed by atoms with Crippen molar-refractivity contribution < 1.29 is 4.79 Å². The van der Waals surface area contributed by atoms with Crippen molar-refractivity contribution in [3.8, 4) is 0 Å². The first kappa shape index (κ1) is 11.5. The van der Waals surface area contributed by atoms with Crippen molar-refractivity contribution in [2.75, 3.05) is 0 Å². The third kappa shape index (κ3) is 2.60. The van der Waals surface area contributed by atoms with Crippen LogP contribution in [0.4, 0.5) is 0 Å². The van der Waals surface area contributed by atoms with Crippen molar-refractivity contribution in [3.05, 3.63) is 53.4 Å². The molecule has 0 spiro atoms. The highest BCUT2D eigenvalue weighted by molar-refractivity contribution is 7.05. The summed E-state index contributed by atoms with van der Waals surface area (Å²) in [7, 11) is 2.02. The minimum Gasteiger partial charge on any atom is -0.299 e. The number of carbonyl (C=O) groups is 1. The van der Waals surface area contributed by atoms with Gasteiger partial charge in [0.2, 0.25) is 0 Å². The Kier molecular flexibility index (Phi) is 3.67. The van der Waals surface area contributed by atoms with Crippen LogP contribution in [0.3, 0.4) is 0 Å². The van der Waals surface area contributed by atoms with E-state index in [9.17, 15) is 4.79 Å². The summed E-state index contributed by atoms with van der Waals surface area (Å²) in [5.41, 5.74) is 1.17. The molecule has 2 rings (SSSR count).